The van der Waals surface area contributed by atoms with Gasteiger partial charge in [0.05, 0.1) is 11.9 Å². The Morgan fingerprint density at radius 2 is 1.93 bits per heavy atom. The molecule has 2 aliphatic heterocycles. The Morgan fingerprint density at radius 1 is 1.07 bits per heavy atom. The molecular weight excluding hydrogens is 352 g/mol. The molecule has 3 aromatic rings. The molecule has 6 nitrogen and oxygen atoms in total. The molecule has 5 rings (SSSR count). The second kappa shape index (κ2) is 7.30. The Hall–Kier alpha value is -2.83. The van der Waals surface area contributed by atoms with Crippen LogP contribution in [-0.4, -0.2) is 53.5 Å². The van der Waals surface area contributed by atoms with E-state index in [1.165, 1.54) is 11.1 Å². The van der Waals surface area contributed by atoms with Crippen LogP contribution in [-0.2, 0) is 6.54 Å². The second-order valence-electron chi connectivity index (χ2n) is 7.48. The molecule has 1 saturated heterocycles. The van der Waals surface area contributed by atoms with Crippen LogP contribution in [0, 0.1) is 0 Å². The Labute approximate surface area is 164 Å². The molecule has 0 unspecified atom stereocenters. The molecule has 0 saturated carbocycles. The molecule has 1 aromatic heterocycles. The summed E-state index contributed by atoms with van der Waals surface area (Å²) in [4.78, 5) is 4.96. The highest BCUT2D eigenvalue weighted by Gasteiger charge is 2.26. The molecule has 0 radical (unpaired) electrons. The van der Waals surface area contributed by atoms with Crippen LogP contribution in [0.25, 0.3) is 11.3 Å². The largest absolute Gasteiger partial charge is 0.454 e. The number of rotatable bonds is 4. The first-order valence-electron chi connectivity index (χ1n) is 9.68. The van der Waals surface area contributed by atoms with E-state index in [2.05, 4.69) is 63.4 Å². The molecule has 0 spiro atoms. The lowest BCUT2D eigenvalue weighted by molar-refractivity contribution is 0.0906. The van der Waals surface area contributed by atoms with Crippen LogP contribution in [0.2, 0.25) is 0 Å². The lowest BCUT2D eigenvalue weighted by atomic mass is 10.0. The molecule has 0 bridgehead atoms. The zero-order valence-electron chi connectivity index (χ0n) is 16.0. The van der Waals surface area contributed by atoms with Crippen LogP contribution in [0.3, 0.4) is 0 Å². The number of fused-ring (bicyclic) bond motifs is 1. The van der Waals surface area contributed by atoms with Crippen molar-refractivity contribution in [3.05, 3.63) is 65.9 Å². The third kappa shape index (κ3) is 3.25. The van der Waals surface area contributed by atoms with Gasteiger partial charge in [0.1, 0.15) is 0 Å². The molecule has 1 atom stereocenters. The highest BCUT2D eigenvalue weighted by Crippen LogP contribution is 2.36. The maximum absolute atomic E-state index is 5.53. The van der Waals surface area contributed by atoms with E-state index in [-0.39, 0.29) is 6.79 Å². The summed E-state index contributed by atoms with van der Waals surface area (Å²) in [6.07, 6.45) is 1.94. The smallest absolute Gasteiger partial charge is 0.231 e. The number of hydrogen-bond acceptors (Lipinski definition) is 5. The number of benzene rings is 2. The number of likely N-dealkylation sites (N-methyl/N-ethyl adjacent to an activating group) is 1. The minimum absolute atomic E-state index is 0.288. The molecule has 3 heterocycles. The fraction of sp³-hybridized carbons (Fsp3) is 0.318. The fourth-order valence-electron chi connectivity index (χ4n) is 4.08. The van der Waals surface area contributed by atoms with E-state index in [1.807, 2.05) is 18.3 Å². The summed E-state index contributed by atoms with van der Waals surface area (Å²) < 4.78 is 11.0. The zero-order valence-corrected chi connectivity index (χ0v) is 16.0. The van der Waals surface area contributed by atoms with Crippen molar-refractivity contribution < 1.29 is 9.47 Å². The lowest BCUT2D eigenvalue weighted by Crippen LogP contribution is -2.46. The Kier molecular flexibility index (Phi) is 4.50. The summed E-state index contributed by atoms with van der Waals surface area (Å²) in [5, 5.41) is 7.49. The molecular formula is C22H24N4O2. The van der Waals surface area contributed by atoms with Gasteiger partial charge in [0.25, 0.3) is 0 Å². The SMILES string of the molecule is CN1CCN(Cc2cn[nH]c2-c2ccc3c(c2)OCO3)C[C@@H]1c1ccccc1. The van der Waals surface area contributed by atoms with Crippen molar-refractivity contribution in [1.29, 1.82) is 0 Å². The normalized spacial score (nSPS) is 19.8. The van der Waals surface area contributed by atoms with Crippen molar-refractivity contribution >= 4 is 0 Å². The molecule has 0 amide bonds. The van der Waals surface area contributed by atoms with Gasteiger partial charge >= 0.3 is 0 Å². The summed E-state index contributed by atoms with van der Waals surface area (Å²) in [6.45, 7) is 4.27. The van der Waals surface area contributed by atoms with Crippen molar-refractivity contribution in [3.8, 4) is 22.8 Å². The highest BCUT2D eigenvalue weighted by atomic mass is 16.7. The first kappa shape index (κ1) is 17.3. The topological polar surface area (TPSA) is 53.6 Å². The van der Waals surface area contributed by atoms with Gasteiger partial charge < -0.3 is 9.47 Å². The van der Waals surface area contributed by atoms with E-state index in [0.29, 0.717) is 6.04 Å². The van der Waals surface area contributed by atoms with Gasteiger partial charge in [-0.2, -0.15) is 5.10 Å². The van der Waals surface area contributed by atoms with Crippen LogP contribution in [0.4, 0.5) is 0 Å². The van der Waals surface area contributed by atoms with Crippen molar-refractivity contribution in [2.24, 2.45) is 0 Å². The molecule has 144 valence electrons. The summed E-state index contributed by atoms with van der Waals surface area (Å²) in [6, 6.07) is 17.2. The highest BCUT2D eigenvalue weighted by molar-refractivity contribution is 5.66. The van der Waals surface area contributed by atoms with Crippen molar-refractivity contribution in [3.63, 3.8) is 0 Å². The van der Waals surface area contributed by atoms with Crippen LogP contribution >= 0.6 is 0 Å². The Balaban J connectivity index is 1.35. The molecule has 2 aliphatic rings. The Morgan fingerprint density at radius 3 is 2.82 bits per heavy atom. The van der Waals surface area contributed by atoms with E-state index in [9.17, 15) is 0 Å². The average Bonchev–Trinajstić information content (AvgIpc) is 3.38. The lowest BCUT2D eigenvalue weighted by Gasteiger charge is -2.39. The van der Waals surface area contributed by atoms with Gasteiger partial charge in [0.15, 0.2) is 11.5 Å². The Bertz CT molecular complexity index is 956. The number of nitrogens with zero attached hydrogens (tertiary/aromatic N) is 3. The number of piperazine rings is 1. The molecule has 1 fully saturated rings. The van der Waals surface area contributed by atoms with Gasteiger partial charge in [-0.05, 0) is 30.8 Å². The number of aromatic nitrogens is 2. The maximum Gasteiger partial charge on any atom is 0.231 e. The molecule has 1 N–H and O–H groups in total. The van der Waals surface area contributed by atoms with Crippen molar-refractivity contribution in [2.45, 2.75) is 12.6 Å². The van der Waals surface area contributed by atoms with E-state index in [4.69, 9.17) is 9.47 Å². The van der Waals surface area contributed by atoms with Gasteiger partial charge in [0.2, 0.25) is 6.79 Å². The number of aromatic amines is 1. The fourth-order valence-corrected chi connectivity index (χ4v) is 4.08. The summed E-state index contributed by atoms with van der Waals surface area (Å²) in [5.41, 5.74) is 4.70. The molecule has 0 aliphatic carbocycles. The van der Waals surface area contributed by atoms with Gasteiger partial charge in [-0.1, -0.05) is 30.3 Å². The second-order valence-corrected chi connectivity index (χ2v) is 7.48. The monoisotopic (exact) mass is 376 g/mol. The third-order valence-corrected chi connectivity index (χ3v) is 5.69. The van der Waals surface area contributed by atoms with E-state index < -0.39 is 0 Å². The van der Waals surface area contributed by atoms with Gasteiger partial charge in [-0.3, -0.25) is 14.9 Å². The van der Waals surface area contributed by atoms with Crippen molar-refractivity contribution in [2.75, 3.05) is 33.5 Å². The van der Waals surface area contributed by atoms with E-state index in [0.717, 1.165) is 48.9 Å². The maximum atomic E-state index is 5.53. The minimum atomic E-state index is 0.288. The number of ether oxygens (including phenoxy) is 2. The van der Waals surface area contributed by atoms with E-state index in [1.54, 1.807) is 0 Å². The van der Waals surface area contributed by atoms with Crippen LogP contribution in [0.5, 0.6) is 11.5 Å². The molecule has 28 heavy (non-hydrogen) atoms. The standard InChI is InChI=1S/C22H24N4O2/c1-25-9-10-26(14-19(25)16-5-3-2-4-6-16)13-18-12-23-24-22(18)17-7-8-20-21(11-17)28-15-27-20/h2-8,11-12,19H,9-10,13-15H2,1H3,(H,23,24)/t19-/m1/s1. The molecule has 6 heteroatoms. The quantitative estimate of drug-likeness (QED) is 0.757. The number of H-pyrrole nitrogens is 1. The van der Waals surface area contributed by atoms with Gasteiger partial charge in [-0.15, -0.1) is 0 Å². The van der Waals surface area contributed by atoms with Gasteiger partial charge in [-0.25, -0.2) is 0 Å². The first-order chi connectivity index (χ1) is 13.8. The van der Waals surface area contributed by atoms with E-state index >= 15 is 0 Å². The predicted octanol–water partition coefficient (Wildman–Crippen LogP) is 3.29. The van der Waals surface area contributed by atoms with Crippen molar-refractivity contribution in [1.82, 2.24) is 20.0 Å². The summed E-state index contributed by atoms with van der Waals surface area (Å²) in [5.74, 6) is 1.59. The summed E-state index contributed by atoms with van der Waals surface area (Å²) >= 11 is 0. The number of hydrogen-bond donors (Lipinski definition) is 1. The average molecular weight is 376 g/mol. The van der Waals surface area contributed by atoms with Crippen LogP contribution in [0.1, 0.15) is 17.2 Å². The van der Waals surface area contributed by atoms with Gasteiger partial charge in [0, 0.05) is 43.3 Å². The first-order valence-corrected chi connectivity index (χ1v) is 9.68. The summed E-state index contributed by atoms with van der Waals surface area (Å²) in [7, 11) is 2.21. The van der Waals surface area contributed by atoms with Crippen LogP contribution < -0.4 is 9.47 Å². The molecule has 2 aromatic carbocycles. The number of nitrogens with one attached hydrogen (secondary N) is 1. The minimum Gasteiger partial charge on any atom is -0.454 e. The third-order valence-electron chi connectivity index (χ3n) is 5.69. The zero-order chi connectivity index (χ0) is 18.9. The van der Waals surface area contributed by atoms with Crippen LogP contribution in [0.15, 0.2) is 54.7 Å². The predicted molar refractivity (Wildman–Crippen MR) is 107 cm³/mol.